The number of aliphatic hydroxyl groups is 1. The molecule has 0 unspecified atom stereocenters. The molecular formula is C16H13F3O4S. The Morgan fingerprint density at radius 2 is 1.92 bits per heavy atom. The van der Waals surface area contributed by atoms with Gasteiger partial charge in [0.05, 0.1) is 4.90 Å². The van der Waals surface area contributed by atoms with Gasteiger partial charge in [-0.3, -0.25) is 0 Å². The van der Waals surface area contributed by atoms with Crippen molar-refractivity contribution in [1.82, 2.24) is 0 Å². The van der Waals surface area contributed by atoms with Gasteiger partial charge in [0.15, 0.2) is 9.84 Å². The second-order valence-electron chi connectivity index (χ2n) is 5.35. The maximum Gasteiger partial charge on any atom is 0.281 e. The molecule has 0 saturated heterocycles. The van der Waals surface area contributed by atoms with Crippen molar-refractivity contribution in [3.8, 4) is 11.5 Å². The number of fused-ring (bicyclic) bond motifs is 1. The molecule has 1 aliphatic carbocycles. The Balaban J connectivity index is 2.17. The number of aliphatic hydroxyl groups excluding tert-OH is 1. The Bertz CT molecular complexity index is 989. The molecule has 0 spiro atoms. The SMILES string of the molecule is [2H]C([2H])([2H])S(=O)(=O)c1ccc(Oc2ccc(F)cc2)c2c1[C@H](O)C(F)(F)C2. The monoisotopic (exact) mass is 361 g/mol. The zero-order chi connectivity index (χ0) is 20.2. The highest BCUT2D eigenvalue weighted by atomic mass is 32.2. The highest BCUT2D eigenvalue weighted by molar-refractivity contribution is 7.90. The van der Waals surface area contributed by atoms with Crippen LogP contribution in [0.5, 0.6) is 11.5 Å². The van der Waals surface area contributed by atoms with Crippen LogP contribution in [0.1, 0.15) is 21.3 Å². The van der Waals surface area contributed by atoms with Crippen molar-refractivity contribution in [1.29, 1.82) is 0 Å². The van der Waals surface area contributed by atoms with E-state index in [2.05, 4.69) is 0 Å². The molecule has 0 saturated carbocycles. The first-order valence-electron chi connectivity index (χ1n) is 8.24. The van der Waals surface area contributed by atoms with Crippen LogP contribution < -0.4 is 4.74 Å². The molecule has 0 heterocycles. The second-order valence-corrected chi connectivity index (χ2v) is 6.80. The summed E-state index contributed by atoms with van der Waals surface area (Å²) in [6.07, 6.45) is -7.03. The predicted octanol–water partition coefficient (Wildman–Crippen LogP) is 3.25. The van der Waals surface area contributed by atoms with Crippen molar-refractivity contribution in [2.75, 3.05) is 6.18 Å². The van der Waals surface area contributed by atoms with E-state index in [1.165, 1.54) is 12.1 Å². The summed E-state index contributed by atoms with van der Waals surface area (Å²) in [5.41, 5.74) is -1.02. The molecule has 3 rings (SSSR count). The third-order valence-corrected chi connectivity index (χ3v) is 4.63. The van der Waals surface area contributed by atoms with E-state index in [1.54, 1.807) is 0 Å². The molecule has 0 aliphatic heterocycles. The third-order valence-electron chi connectivity index (χ3n) is 3.69. The fraction of sp³-hybridized carbons (Fsp3) is 0.250. The van der Waals surface area contributed by atoms with Crippen LogP contribution in [0, 0.1) is 5.82 Å². The summed E-state index contributed by atoms with van der Waals surface area (Å²) in [6, 6.07) is 6.47. The molecular weight excluding hydrogens is 345 g/mol. The fourth-order valence-corrected chi connectivity index (χ4v) is 3.38. The van der Waals surface area contributed by atoms with Crippen molar-refractivity contribution in [3.05, 3.63) is 53.3 Å². The number of hydrogen-bond acceptors (Lipinski definition) is 4. The van der Waals surface area contributed by atoms with Gasteiger partial charge in [-0.05, 0) is 36.4 Å². The molecule has 1 atom stereocenters. The van der Waals surface area contributed by atoms with Gasteiger partial charge in [-0.1, -0.05) is 0 Å². The maximum absolute atomic E-state index is 14.1. The number of sulfone groups is 1. The van der Waals surface area contributed by atoms with E-state index in [1.807, 2.05) is 0 Å². The molecule has 8 heteroatoms. The van der Waals surface area contributed by atoms with E-state index < -0.39 is 50.7 Å². The number of alkyl halides is 2. The lowest BCUT2D eigenvalue weighted by Gasteiger charge is -2.15. The normalized spacial score (nSPS) is 21.5. The van der Waals surface area contributed by atoms with Gasteiger partial charge < -0.3 is 9.84 Å². The van der Waals surface area contributed by atoms with Crippen LogP contribution >= 0.6 is 0 Å². The molecule has 0 radical (unpaired) electrons. The quantitative estimate of drug-likeness (QED) is 0.912. The number of benzene rings is 2. The van der Waals surface area contributed by atoms with Crippen LogP contribution in [0.25, 0.3) is 0 Å². The summed E-state index contributed by atoms with van der Waals surface area (Å²) < 4.78 is 92.6. The average molecular weight is 361 g/mol. The number of halogens is 3. The van der Waals surface area contributed by atoms with Crippen LogP contribution in [0.2, 0.25) is 0 Å². The molecule has 1 N–H and O–H groups in total. The van der Waals surface area contributed by atoms with E-state index in [0.29, 0.717) is 0 Å². The van der Waals surface area contributed by atoms with Gasteiger partial charge >= 0.3 is 0 Å². The van der Waals surface area contributed by atoms with Crippen LogP contribution in [0.4, 0.5) is 13.2 Å². The van der Waals surface area contributed by atoms with Crippen molar-refractivity contribution in [2.45, 2.75) is 23.3 Å². The highest BCUT2D eigenvalue weighted by Crippen LogP contribution is 2.49. The summed E-state index contributed by atoms with van der Waals surface area (Å²) in [6.45, 7) is 0. The maximum atomic E-state index is 14.1. The minimum absolute atomic E-state index is 0.0923. The Labute approximate surface area is 140 Å². The van der Waals surface area contributed by atoms with Crippen LogP contribution in [-0.4, -0.2) is 25.6 Å². The molecule has 0 aromatic heterocycles. The standard InChI is InChI=1S/C16H13F3O4S/c1-24(21,22)13-7-6-12(23-10-4-2-9(17)3-5-10)11-8-16(18,19)15(20)14(11)13/h2-7,15,20H,8H2,1H3/t15-/m0/s1/i1D3. The first kappa shape index (κ1) is 13.3. The van der Waals surface area contributed by atoms with Crippen molar-refractivity contribution in [3.63, 3.8) is 0 Å². The minimum atomic E-state index is -4.98. The fourth-order valence-electron chi connectivity index (χ4n) is 2.61. The molecule has 1 aliphatic rings. The lowest BCUT2D eigenvalue weighted by molar-refractivity contribution is -0.0976. The Morgan fingerprint density at radius 1 is 1.25 bits per heavy atom. The van der Waals surface area contributed by atoms with Gasteiger partial charge in [0.25, 0.3) is 5.92 Å². The highest BCUT2D eigenvalue weighted by Gasteiger charge is 2.50. The number of rotatable bonds is 3. The molecule has 24 heavy (non-hydrogen) atoms. The van der Waals surface area contributed by atoms with E-state index in [0.717, 1.165) is 24.3 Å². The smallest absolute Gasteiger partial charge is 0.281 e. The Hall–Kier alpha value is -2.06. The number of ether oxygens (including phenoxy) is 1. The van der Waals surface area contributed by atoms with Gasteiger partial charge in [-0.25, -0.2) is 21.6 Å². The van der Waals surface area contributed by atoms with Crippen LogP contribution in [0.3, 0.4) is 0 Å². The summed E-state index contributed by atoms with van der Waals surface area (Å²) in [7, 11) is -4.98. The summed E-state index contributed by atoms with van der Waals surface area (Å²) >= 11 is 0. The van der Waals surface area contributed by atoms with E-state index in [4.69, 9.17) is 8.85 Å². The van der Waals surface area contributed by atoms with Crippen LogP contribution in [0.15, 0.2) is 41.3 Å². The lowest BCUT2D eigenvalue weighted by atomic mass is 10.1. The Morgan fingerprint density at radius 3 is 2.54 bits per heavy atom. The first-order valence-corrected chi connectivity index (χ1v) is 8.22. The van der Waals surface area contributed by atoms with Gasteiger partial charge in [0.2, 0.25) is 0 Å². The van der Waals surface area contributed by atoms with Crippen molar-refractivity contribution in [2.24, 2.45) is 0 Å². The zero-order valence-electron chi connectivity index (χ0n) is 15.0. The van der Waals surface area contributed by atoms with E-state index in [-0.39, 0.29) is 17.1 Å². The zero-order valence-corrected chi connectivity index (χ0v) is 12.8. The lowest BCUT2D eigenvalue weighted by Crippen LogP contribution is -2.22. The molecule has 0 bridgehead atoms. The van der Waals surface area contributed by atoms with E-state index in [9.17, 15) is 26.7 Å². The topological polar surface area (TPSA) is 63.6 Å². The molecule has 2 aromatic rings. The Kier molecular flexibility index (Phi) is 3.03. The summed E-state index contributed by atoms with van der Waals surface area (Å²) in [4.78, 5) is -0.895. The van der Waals surface area contributed by atoms with Gasteiger partial charge in [-0.15, -0.1) is 0 Å². The van der Waals surface area contributed by atoms with Crippen LogP contribution in [-0.2, 0) is 16.3 Å². The van der Waals surface area contributed by atoms with Crippen molar-refractivity contribution >= 4 is 9.84 Å². The molecule has 4 nitrogen and oxygen atoms in total. The largest absolute Gasteiger partial charge is 0.457 e. The van der Waals surface area contributed by atoms with Gasteiger partial charge in [0, 0.05) is 27.8 Å². The number of hydrogen-bond donors (Lipinski definition) is 1. The summed E-state index contributed by atoms with van der Waals surface area (Å²) in [5, 5.41) is 9.94. The van der Waals surface area contributed by atoms with E-state index >= 15 is 0 Å². The molecule has 128 valence electrons. The molecule has 0 fully saturated rings. The third kappa shape index (κ3) is 2.87. The van der Waals surface area contributed by atoms with Gasteiger partial charge in [0.1, 0.15) is 23.4 Å². The first-order chi connectivity index (χ1) is 12.3. The predicted molar refractivity (Wildman–Crippen MR) is 79.6 cm³/mol. The van der Waals surface area contributed by atoms with Crippen molar-refractivity contribution < 1.29 is 35.5 Å². The second kappa shape index (κ2) is 5.49. The minimum Gasteiger partial charge on any atom is -0.457 e. The average Bonchev–Trinajstić information content (AvgIpc) is 2.79. The van der Waals surface area contributed by atoms with Gasteiger partial charge in [-0.2, -0.15) is 0 Å². The molecule has 2 aromatic carbocycles. The molecule has 0 amide bonds. The summed E-state index contributed by atoms with van der Waals surface area (Å²) in [5.74, 6) is -4.34.